The average Bonchev–Trinajstić information content (AvgIpc) is 2.63. The second-order valence-corrected chi connectivity index (χ2v) is 5.71. The van der Waals surface area contributed by atoms with Gasteiger partial charge < -0.3 is 9.64 Å². The number of nitrogens with one attached hydrogen (secondary N) is 1. The van der Waals surface area contributed by atoms with E-state index in [-0.39, 0.29) is 5.91 Å². The van der Waals surface area contributed by atoms with Gasteiger partial charge in [0.25, 0.3) is 5.91 Å². The molecule has 0 radical (unpaired) electrons. The molecule has 1 aliphatic rings. The second-order valence-electron chi connectivity index (χ2n) is 5.71. The topological polar surface area (TPSA) is 53.9 Å². The van der Waals surface area contributed by atoms with Crippen LogP contribution in [0.3, 0.4) is 0 Å². The first-order valence-corrected chi connectivity index (χ1v) is 8.06. The minimum atomic E-state index is -0.200. The number of rotatable bonds is 4. The van der Waals surface area contributed by atoms with Gasteiger partial charge in [0.15, 0.2) is 0 Å². The van der Waals surface area contributed by atoms with Crippen LogP contribution in [-0.2, 0) is 4.74 Å². The SMILES string of the molecule is Cc1ccccc1C(=O)N/N=C\c1ccc(N2CCOCC2)cc1. The predicted octanol–water partition coefficient (Wildman–Crippen LogP) is 2.60. The summed E-state index contributed by atoms with van der Waals surface area (Å²) < 4.78 is 5.36. The number of carbonyl (C=O) groups is 1. The van der Waals surface area contributed by atoms with Gasteiger partial charge in [-0.05, 0) is 36.2 Å². The van der Waals surface area contributed by atoms with Crippen molar-refractivity contribution in [2.24, 2.45) is 5.10 Å². The van der Waals surface area contributed by atoms with Crippen LogP contribution < -0.4 is 10.3 Å². The van der Waals surface area contributed by atoms with Gasteiger partial charge in [0.2, 0.25) is 0 Å². The Morgan fingerprint density at radius 1 is 1.12 bits per heavy atom. The van der Waals surface area contributed by atoms with Gasteiger partial charge in [-0.1, -0.05) is 30.3 Å². The molecule has 1 aliphatic heterocycles. The first-order chi connectivity index (χ1) is 11.7. The largest absolute Gasteiger partial charge is 0.378 e. The molecule has 0 spiro atoms. The maximum atomic E-state index is 12.1. The Kier molecular flexibility index (Phi) is 5.23. The van der Waals surface area contributed by atoms with E-state index in [0.29, 0.717) is 5.56 Å². The standard InChI is InChI=1S/C19H21N3O2/c1-15-4-2-3-5-18(15)19(23)21-20-14-16-6-8-17(9-7-16)22-10-12-24-13-11-22/h2-9,14H,10-13H2,1H3,(H,21,23)/b20-14-. The number of amides is 1. The van der Waals surface area contributed by atoms with Crippen LogP contribution in [0.1, 0.15) is 21.5 Å². The van der Waals surface area contributed by atoms with Crippen molar-refractivity contribution in [3.63, 3.8) is 0 Å². The summed E-state index contributed by atoms with van der Waals surface area (Å²) in [7, 11) is 0. The summed E-state index contributed by atoms with van der Waals surface area (Å²) >= 11 is 0. The number of morpholine rings is 1. The van der Waals surface area contributed by atoms with E-state index in [4.69, 9.17) is 4.74 Å². The van der Waals surface area contributed by atoms with E-state index in [1.807, 2.05) is 37.3 Å². The fourth-order valence-electron chi connectivity index (χ4n) is 2.65. The molecule has 1 fully saturated rings. The molecule has 5 nitrogen and oxygen atoms in total. The summed E-state index contributed by atoms with van der Waals surface area (Å²) in [6, 6.07) is 15.6. The molecule has 1 amide bonds. The first-order valence-electron chi connectivity index (χ1n) is 8.06. The molecule has 24 heavy (non-hydrogen) atoms. The molecule has 0 atom stereocenters. The molecule has 124 valence electrons. The van der Waals surface area contributed by atoms with Crippen LogP contribution in [0.2, 0.25) is 0 Å². The minimum Gasteiger partial charge on any atom is -0.378 e. The quantitative estimate of drug-likeness (QED) is 0.695. The highest BCUT2D eigenvalue weighted by atomic mass is 16.5. The zero-order valence-electron chi connectivity index (χ0n) is 13.7. The first kappa shape index (κ1) is 16.2. The highest BCUT2D eigenvalue weighted by Crippen LogP contribution is 2.16. The Labute approximate surface area is 141 Å². The molecule has 5 heteroatoms. The van der Waals surface area contributed by atoms with E-state index < -0.39 is 0 Å². The Balaban J connectivity index is 1.58. The van der Waals surface area contributed by atoms with Crippen LogP contribution in [0, 0.1) is 6.92 Å². The number of aryl methyl sites for hydroxylation is 1. The summed E-state index contributed by atoms with van der Waals surface area (Å²) in [6.45, 7) is 5.28. The second kappa shape index (κ2) is 7.75. The lowest BCUT2D eigenvalue weighted by atomic mass is 10.1. The van der Waals surface area contributed by atoms with Crippen molar-refractivity contribution in [3.05, 3.63) is 65.2 Å². The molecule has 0 aromatic heterocycles. The maximum Gasteiger partial charge on any atom is 0.271 e. The van der Waals surface area contributed by atoms with Crippen LogP contribution >= 0.6 is 0 Å². The number of anilines is 1. The lowest BCUT2D eigenvalue weighted by Gasteiger charge is -2.28. The van der Waals surface area contributed by atoms with Crippen molar-refractivity contribution < 1.29 is 9.53 Å². The van der Waals surface area contributed by atoms with Gasteiger partial charge in [-0.3, -0.25) is 4.79 Å². The zero-order valence-corrected chi connectivity index (χ0v) is 13.7. The third-order valence-corrected chi connectivity index (χ3v) is 4.04. The van der Waals surface area contributed by atoms with Crippen molar-refractivity contribution in [1.82, 2.24) is 5.43 Å². The Hall–Kier alpha value is -2.66. The van der Waals surface area contributed by atoms with Crippen molar-refractivity contribution in [2.45, 2.75) is 6.92 Å². The lowest BCUT2D eigenvalue weighted by molar-refractivity contribution is 0.0954. The Bertz CT molecular complexity index is 720. The van der Waals surface area contributed by atoms with E-state index in [1.165, 1.54) is 5.69 Å². The third-order valence-electron chi connectivity index (χ3n) is 4.04. The van der Waals surface area contributed by atoms with Gasteiger partial charge in [0, 0.05) is 24.3 Å². The van der Waals surface area contributed by atoms with Crippen LogP contribution in [0.4, 0.5) is 5.69 Å². The molecular weight excluding hydrogens is 302 g/mol. The molecule has 3 rings (SSSR count). The number of carbonyl (C=O) groups excluding carboxylic acids is 1. The molecule has 0 bridgehead atoms. The molecule has 1 saturated heterocycles. The van der Waals surface area contributed by atoms with Crippen molar-refractivity contribution >= 4 is 17.8 Å². The minimum absolute atomic E-state index is 0.200. The molecule has 0 unspecified atom stereocenters. The van der Waals surface area contributed by atoms with E-state index >= 15 is 0 Å². The van der Waals surface area contributed by atoms with Crippen LogP contribution in [-0.4, -0.2) is 38.4 Å². The van der Waals surface area contributed by atoms with E-state index in [0.717, 1.165) is 37.4 Å². The predicted molar refractivity (Wildman–Crippen MR) is 95.7 cm³/mol. The van der Waals surface area contributed by atoms with Crippen molar-refractivity contribution in [3.8, 4) is 0 Å². The highest BCUT2D eigenvalue weighted by molar-refractivity contribution is 5.96. The summed E-state index contributed by atoms with van der Waals surface area (Å²) in [5.41, 5.74) is 6.26. The maximum absolute atomic E-state index is 12.1. The van der Waals surface area contributed by atoms with Gasteiger partial charge in [-0.25, -0.2) is 5.43 Å². The summed E-state index contributed by atoms with van der Waals surface area (Å²) in [5, 5.41) is 4.04. The van der Waals surface area contributed by atoms with Crippen molar-refractivity contribution in [2.75, 3.05) is 31.2 Å². The molecule has 0 saturated carbocycles. The normalized spacial score (nSPS) is 14.8. The number of hydrogen-bond acceptors (Lipinski definition) is 4. The van der Waals surface area contributed by atoms with Gasteiger partial charge in [0.05, 0.1) is 19.4 Å². The monoisotopic (exact) mass is 323 g/mol. The van der Waals surface area contributed by atoms with Gasteiger partial charge in [-0.2, -0.15) is 5.10 Å². The molecule has 0 aliphatic carbocycles. The molecule has 2 aromatic rings. The summed E-state index contributed by atoms with van der Waals surface area (Å²) in [5.74, 6) is -0.200. The van der Waals surface area contributed by atoms with Crippen molar-refractivity contribution in [1.29, 1.82) is 0 Å². The zero-order chi connectivity index (χ0) is 16.8. The van der Waals surface area contributed by atoms with E-state index in [1.54, 1.807) is 12.3 Å². The van der Waals surface area contributed by atoms with Gasteiger partial charge in [-0.15, -0.1) is 0 Å². The molecule has 1 heterocycles. The molecular formula is C19H21N3O2. The summed E-state index contributed by atoms with van der Waals surface area (Å²) in [6.07, 6.45) is 1.65. The van der Waals surface area contributed by atoms with Crippen LogP contribution in [0.5, 0.6) is 0 Å². The number of hydrogen-bond donors (Lipinski definition) is 1. The van der Waals surface area contributed by atoms with Crippen LogP contribution in [0.15, 0.2) is 53.6 Å². The fourth-order valence-corrected chi connectivity index (χ4v) is 2.65. The third kappa shape index (κ3) is 4.00. The van der Waals surface area contributed by atoms with E-state index in [2.05, 4.69) is 27.6 Å². The lowest BCUT2D eigenvalue weighted by Crippen LogP contribution is -2.36. The van der Waals surface area contributed by atoms with Gasteiger partial charge in [0.1, 0.15) is 0 Å². The summed E-state index contributed by atoms with van der Waals surface area (Å²) in [4.78, 5) is 14.4. The molecule has 2 aromatic carbocycles. The number of ether oxygens (including phenoxy) is 1. The van der Waals surface area contributed by atoms with Gasteiger partial charge >= 0.3 is 0 Å². The molecule has 1 N–H and O–H groups in total. The van der Waals surface area contributed by atoms with Crippen LogP contribution in [0.25, 0.3) is 0 Å². The highest BCUT2D eigenvalue weighted by Gasteiger charge is 2.10. The Morgan fingerprint density at radius 2 is 1.83 bits per heavy atom. The smallest absolute Gasteiger partial charge is 0.271 e. The number of hydrazone groups is 1. The number of nitrogens with zero attached hydrogens (tertiary/aromatic N) is 2. The Morgan fingerprint density at radius 3 is 2.54 bits per heavy atom. The van der Waals surface area contributed by atoms with E-state index in [9.17, 15) is 4.79 Å². The average molecular weight is 323 g/mol. The number of benzene rings is 2. The fraction of sp³-hybridized carbons (Fsp3) is 0.263.